The molecule has 106 valence electrons. The van der Waals surface area contributed by atoms with Gasteiger partial charge in [0.05, 0.1) is 6.54 Å². The third kappa shape index (κ3) is 4.00. The fraction of sp³-hybridized carbons (Fsp3) is 0.231. The minimum atomic E-state index is -1.07. The first-order valence-electron chi connectivity index (χ1n) is 5.79. The molecule has 2 aromatic rings. The van der Waals surface area contributed by atoms with Crippen molar-refractivity contribution < 1.29 is 5.11 Å². The highest BCUT2D eigenvalue weighted by molar-refractivity contribution is 9.14. The smallest absolute Gasteiger partial charge is 0.137 e. The molecule has 0 spiro atoms. The molecule has 0 radical (unpaired) electrons. The van der Waals surface area contributed by atoms with Crippen molar-refractivity contribution >= 4 is 47.8 Å². The normalized spacial score (nSPS) is 15.1. The Morgan fingerprint density at radius 3 is 2.60 bits per heavy atom. The van der Waals surface area contributed by atoms with Gasteiger partial charge in [0.25, 0.3) is 0 Å². The van der Waals surface area contributed by atoms with E-state index in [0.717, 1.165) is 14.5 Å². The highest BCUT2D eigenvalue weighted by atomic mass is 79.9. The predicted octanol–water partition coefficient (Wildman–Crippen LogP) is 3.95. The monoisotopic (exact) mass is 463 g/mol. The van der Waals surface area contributed by atoms with Crippen molar-refractivity contribution in [3.63, 3.8) is 0 Å². The summed E-state index contributed by atoms with van der Waals surface area (Å²) in [6.07, 6.45) is 3.48. The third-order valence-electron chi connectivity index (χ3n) is 2.85. The molecule has 1 aromatic carbocycles. The van der Waals surface area contributed by atoms with Crippen molar-refractivity contribution in [3.05, 3.63) is 56.4 Å². The van der Waals surface area contributed by atoms with Gasteiger partial charge in [-0.2, -0.15) is 5.10 Å². The molecule has 1 atom stereocenters. The Morgan fingerprint density at radius 1 is 1.35 bits per heavy atom. The zero-order valence-corrected chi connectivity index (χ0v) is 15.1. The van der Waals surface area contributed by atoms with Gasteiger partial charge in [-0.05, 0) is 22.7 Å². The minimum absolute atomic E-state index is 0.324. The van der Waals surface area contributed by atoms with Gasteiger partial charge >= 0.3 is 0 Å². The number of aliphatic hydroxyl groups is 1. The molecule has 7 heteroatoms. The molecular weight excluding hydrogens is 454 g/mol. The molecule has 0 fully saturated rings. The van der Waals surface area contributed by atoms with E-state index in [-0.39, 0.29) is 0 Å². The highest BCUT2D eigenvalue weighted by Crippen LogP contribution is 2.33. The Bertz CT molecular complexity index is 583. The van der Waals surface area contributed by atoms with Crippen LogP contribution in [0.1, 0.15) is 12.0 Å². The standard InChI is InChI=1S/C13H12Br3N3O/c14-6-12(16)5-13(20,7-19-9-17-8-18-19)10-1-3-11(15)4-2-10/h1-4,6,8-9,20H,5,7H2/b12-6-. The van der Waals surface area contributed by atoms with Gasteiger partial charge in [-0.1, -0.05) is 59.9 Å². The molecule has 1 aromatic heterocycles. The minimum Gasteiger partial charge on any atom is -0.383 e. The fourth-order valence-corrected chi connectivity index (χ4v) is 2.80. The SMILES string of the molecule is OC(C/C(Br)=C/Br)(Cn1cncn1)c1ccc(Br)cc1. The summed E-state index contributed by atoms with van der Waals surface area (Å²) >= 11 is 10.1. The quantitative estimate of drug-likeness (QED) is 0.727. The summed E-state index contributed by atoms with van der Waals surface area (Å²) in [6.45, 7) is 0.324. The van der Waals surface area contributed by atoms with E-state index >= 15 is 0 Å². The second-order valence-corrected chi connectivity index (χ2v) is 6.76. The van der Waals surface area contributed by atoms with Gasteiger partial charge in [0, 0.05) is 15.4 Å². The number of nitrogens with zero attached hydrogens (tertiary/aromatic N) is 3. The lowest BCUT2D eigenvalue weighted by atomic mass is 9.90. The van der Waals surface area contributed by atoms with Crippen LogP contribution < -0.4 is 0 Å². The zero-order valence-electron chi connectivity index (χ0n) is 10.4. The second kappa shape index (κ2) is 6.98. The van der Waals surface area contributed by atoms with E-state index in [1.54, 1.807) is 16.0 Å². The Labute approximate surface area is 142 Å². The number of rotatable bonds is 5. The largest absolute Gasteiger partial charge is 0.383 e. The van der Waals surface area contributed by atoms with E-state index in [1.807, 2.05) is 24.3 Å². The molecule has 2 rings (SSSR count). The van der Waals surface area contributed by atoms with Gasteiger partial charge in [0.1, 0.15) is 18.3 Å². The number of halogens is 3. The number of hydrogen-bond donors (Lipinski definition) is 1. The van der Waals surface area contributed by atoms with E-state index < -0.39 is 5.60 Å². The molecule has 4 nitrogen and oxygen atoms in total. The van der Waals surface area contributed by atoms with Crippen molar-refractivity contribution in [1.82, 2.24) is 14.8 Å². The molecule has 1 N–H and O–H groups in total. The highest BCUT2D eigenvalue weighted by Gasteiger charge is 2.31. The van der Waals surface area contributed by atoms with Crippen LogP contribution in [0.3, 0.4) is 0 Å². The first-order chi connectivity index (χ1) is 9.53. The van der Waals surface area contributed by atoms with Crippen molar-refractivity contribution in [2.45, 2.75) is 18.6 Å². The van der Waals surface area contributed by atoms with Crippen LogP contribution >= 0.6 is 47.8 Å². The summed E-state index contributed by atoms with van der Waals surface area (Å²) < 4.78 is 3.46. The molecule has 1 unspecified atom stereocenters. The Balaban J connectivity index is 2.34. The molecule has 0 aliphatic heterocycles. The molecule has 0 amide bonds. The van der Waals surface area contributed by atoms with Crippen LogP contribution in [0, 0.1) is 0 Å². The summed E-state index contributed by atoms with van der Waals surface area (Å²) in [7, 11) is 0. The average Bonchev–Trinajstić information content (AvgIpc) is 2.91. The van der Waals surface area contributed by atoms with Crippen molar-refractivity contribution in [2.75, 3.05) is 0 Å². The number of benzene rings is 1. The van der Waals surface area contributed by atoms with Crippen LogP contribution in [0.25, 0.3) is 0 Å². The van der Waals surface area contributed by atoms with Crippen LogP contribution in [0.15, 0.2) is 50.9 Å². The van der Waals surface area contributed by atoms with Crippen LogP contribution in [0.5, 0.6) is 0 Å². The third-order valence-corrected chi connectivity index (χ3v) is 5.06. The van der Waals surface area contributed by atoms with Crippen LogP contribution in [0.4, 0.5) is 0 Å². The van der Waals surface area contributed by atoms with Crippen molar-refractivity contribution in [2.24, 2.45) is 0 Å². The van der Waals surface area contributed by atoms with E-state index in [2.05, 4.69) is 57.9 Å². The van der Waals surface area contributed by atoms with Crippen LogP contribution in [0.2, 0.25) is 0 Å². The molecule has 0 aliphatic carbocycles. The molecule has 0 aliphatic rings. The lowest BCUT2D eigenvalue weighted by Crippen LogP contribution is -2.32. The molecular formula is C13H12Br3N3O. The van der Waals surface area contributed by atoms with Crippen molar-refractivity contribution in [1.29, 1.82) is 0 Å². The van der Waals surface area contributed by atoms with Gasteiger partial charge in [-0.3, -0.25) is 0 Å². The van der Waals surface area contributed by atoms with E-state index in [1.165, 1.54) is 6.33 Å². The predicted molar refractivity (Wildman–Crippen MR) is 88.6 cm³/mol. The second-order valence-electron chi connectivity index (χ2n) is 4.36. The topological polar surface area (TPSA) is 50.9 Å². The van der Waals surface area contributed by atoms with Gasteiger partial charge in [-0.25, -0.2) is 9.67 Å². The van der Waals surface area contributed by atoms with Crippen molar-refractivity contribution in [3.8, 4) is 0 Å². The Kier molecular flexibility index (Phi) is 5.54. The molecule has 0 saturated heterocycles. The Hall–Kier alpha value is -0.500. The molecule has 1 heterocycles. The summed E-state index contributed by atoms with van der Waals surface area (Å²) in [5, 5.41) is 15.1. The van der Waals surface area contributed by atoms with E-state index in [9.17, 15) is 5.11 Å². The first-order valence-corrected chi connectivity index (χ1v) is 8.29. The maximum atomic E-state index is 11.1. The Morgan fingerprint density at radius 2 is 2.05 bits per heavy atom. The average molecular weight is 466 g/mol. The molecule has 0 saturated carbocycles. The van der Waals surface area contributed by atoms with Gasteiger partial charge in [0.15, 0.2) is 0 Å². The lowest BCUT2D eigenvalue weighted by Gasteiger charge is -2.28. The zero-order chi connectivity index (χ0) is 14.6. The summed E-state index contributed by atoms with van der Waals surface area (Å²) in [4.78, 5) is 5.66. The molecule has 20 heavy (non-hydrogen) atoms. The van der Waals surface area contributed by atoms with Crippen LogP contribution in [-0.2, 0) is 12.1 Å². The van der Waals surface area contributed by atoms with Gasteiger partial charge in [0.2, 0.25) is 0 Å². The van der Waals surface area contributed by atoms with E-state index in [4.69, 9.17) is 0 Å². The summed E-state index contributed by atoms with van der Waals surface area (Å²) in [5.74, 6) is 0. The van der Waals surface area contributed by atoms with E-state index in [0.29, 0.717) is 13.0 Å². The summed E-state index contributed by atoms with van der Waals surface area (Å²) in [5.41, 5.74) is -0.250. The number of aromatic nitrogens is 3. The number of hydrogen-bond acceptors (Lipinski definition) is 3. The maximum absolute atomic E-state index is 11.1. The maximum Gasteiger partial charge on any atom is 0.137 e. The molecule has 0 bridgehead atoms. The lowest BCUT2D eigenvalue weighted by molar-refractivity contribution is 0.0171. The fourth-order valence-electron chi connectivity index (χ4n) is 1.91. The first kappa shape index (κ1) is 15.9. The summed E-state index contributed by atoms with van der Waals surface area (Å²) in [6, 6.07) is 7.62. The van der Waals surface area contributed by atoms with Gasteiger partial charge < -0.3 is 5.11 Å². The van der Waals surface area contributed by atoms with Crippen LogP contribution in [-0.4, -0.2) is 19.9 Å². The van der Waals surface area contributed by atoms with Gasteiger partial charge in [-0.15, -0.1) is 0 Å².